The molecule has 0 radical (unpaired) electrons. The van der Waals surface area contributed by atoms with Crippen LogP contribution in [-0.4, -0.2) is 43.3 Å². The molecule has 2 N–H and O–H groups in total. The van der Waals surface area contributed by atoms with E-state index in [0.717, 1.165) is 60.5 Å². The number of carbonyl (C=O) groups excluding carboxylic acids is 1. The van der Waals surface area contributed by atoms with Crippen molar-refractivity contribution in [3.05, 3.63) is 84.1 Å². The van der Waals surface area contributed by atoms with Crippen LogP contribution >= 0.6 is 11.6 Å². The maximum Gasteiger partial charge on any atom is 0.246 e. The van der Waals surface area contributed by atoms with Crippen LogP contribution < -0.4 is 10.1 Å². The van der Waals surface area contributed by atoms with Crippen molar-refractivity contribution in [1.82, 2.24) is 24.8 Å². The molecular formula is C29H29ClN6O2. The lowest BCUT2D eigenvalue weighted by atomic mass is 9.88. The molecule has 8 nitrogen and oxygen atoms in total. The quantitative estimate of drug-likeness (QED) is 0.286. The van der Waals surface area contributed by atoms with Gasteiger partial charge in [0.15, 0.2) is 0 Å². The lowest BCUT2D eigenvalue weighted by Gasteiger charge is -2.36. The first-order chi connectivity index (χ1) is 18.6. The van der Waals surface area contributed by atoms with E-state index in [1.165, 1.54) is 11.6 Å². The molecule has 2 aliphatic heterocycles. The van der Waals surface area contributed by atoms with Gasteiger partial charge in [-0.05, 0) is 79.5 Å². The Kier molecular flexibility index (Phi) is 6.72. The van der Waals surface area contributed by atoms with E-state index in [9.17, 15) is 4.79 Å². The fraction of sp³-hybridized carbons (Fsp3) is 0.310. The Balaban J connectivity index is 1.24. The van der Waals surface area contributed by atoms with Crippen molar-refractivity contribution in [1.29, 1.82) is 0 Å². The number of aromatic nitrogens is 4. The number of hydrogen-bond donors (Lipinski definition) is 2. The minimum Gasteiger partial charge on any atom is -0.486 e. The number of carbonyl (C=O) groups is 1. The number of amides is 1. The fourth-order valence-corrected chi connectivity index (χ4v) is 6.11. The highest BCUT2D eigenvalue weighted by molar-refractivity contribution is 6.32. The maximum atomic E-state index is 12.5. The molecule has 3 aromatic heterocycles. The number of nitrogens with zero attached hydrogens (tertiary/aromatic N) is 4. The van der Waals surface area contributed by atoms with Crippen LogP contribution in [-0.2, 0) is 11.4 Å². The van der Waals surface area contributed by atoms with Crippen molar-refractivity contribution in [3.8, 4) is 5.75 Å². The number of benzene rings is 1. The SMILES string of the molecule is C=CC(=O)N1CC2CCC1CC(c1c[nH]c3ncnc(Nc4ccc(OCc5ccccn5)c(Cl)c4)c13)C2. The van der Waals surface area contributed by atoms with Gasteiger partial charge in [-0.2, -0.15) is 0 Å². The molecule has 2 bridgehead atoms. The number of H-pyrrole nitrogens is 1. The summed E-state index contributed by atoms with van der Waals surface area (Å²) in [5.41, 5.74) is 3.61. The Morgan fingerprint density at radius 2 is 2.13 bits per heavy atom. The Morgan fingerprint density at radius 1 is 1.21 bits per heavy atom. The molecule has 3 atom stereocenters. The fourth-order valence-electron chi connectivity index (χ4n) is 5.88. The summed E-state index contributed by atoms with van der Waals surface area (Å²) in [5, 5.41) is 4.92. The van der Waals surface area contributed by atoms with Gasteiger partial charge in [0, 0.05) is 30.7 Å². The highest BCUT2D eigenvalue weighted by Gasteiger charge is 2.38. The summed E-state index contributed by atoms with van der Waals surface area (Å²) >= 11 is 6.56. The van der Waals surface area contributed by atoms with Gasteiger partial charge in [0.05, 0.1) is 16.1 Å². The van der Waals surface area contributed by atoms with Gasteiger partial charge in [0.25, 0.3) is 0 Å². The predicted octanol–water partition coefficient (Wildman–Crippen LogP) is 6.00. The number of rotatable bonds is 7. The van der Waals surface area contributed by atoms with E-state index < -0.39 is 0 Å². The third kappa shape index (κ3) is 4.84. The second kappa shape index (κ2) is 10.5. The third-order valence-electron chi connectivity index (χ3n) is 7.67. The van der Waals surface area contributed by atoms with Gasteiger partial charge in [0.1, 0.15) is 30.1 Å². The van der Waals surface area contributed by atoms with Crippen molar-refractivity contribution in [2.75, 3.05) is 11.9 Å². The number of piperidine rings is 1. The Bertz CT molecular complexity index is 1470. The standard InChI is InChI=1S/C29H29ClN6O2/c1-2-26(37)36-15-18-6-8-22(36)12-19(11-18)23-14-32-28-27(23)29(34-17-33-28)35-20-7-9-25(24(30)13-20)38-16-21-5-3-4-10-31-21/h2-5,7,9-10,13-14,17-19,22H,1,6,8,11-12,15-16H2,(H2,32,33,34,35). The molecule has 1 aromatic carbocycles. The second-order valence-corrected chi connectivity index (χ2v) is 10.4. The van der Waals surface area contributed by atoms with E-state index >= 15 is 0 Å². The van der Waals surface area contributed by atoms with Crippen LogP contribution in [0, 0.1) is 5.92 Å². The molecule has 194 valence electrons. The van der Waals surface area contributed by atoms with Crippen LogP contribution in [0.4, 0.5) is 11.5 Å². The molecule has 38 heavy (non-hydrogen) atoms. The zero-order valence-corrected chi connectivity index (χ0v) is 21.7. The number of pyridine rings is 1. The molecule has 3 unspecified atom stereocenters. The van der Waals surface area contributed by atoms with Gasteiger partial charge in [-0.25, -0.2) is 9.97 Å². The number of anilines is 2. The smallest absolute Gasteiger partial charge is 0.246 e. The van der Waals surface area contributed by atoms with E-state index in [1.54, 1.807) is 12.5 Å². The molecule has 4 aromatic rings. The second-order valence-electron chi connectivity index (χ2n) is 10.0. The molecule has 3 fully saturated rings. The van der Waals surface area contributed by atoms with Crippen molar-refractivity contribution in [2.45, 2.75) is 44.2 Å². The van der Waals surface area contributed by atoms with Gasteiger partial charge >= 0.3 is 0 Å². The van der Waals surface area contributed by atoms with Crippen LogP contribution in [0.5, 0.6) is 5.75 Å². The van der Waals surface area contributed by atoms with Crippen molar-refractivity contribution < 1.29 is 9.53 Å². The lowest BCUT2D eigenvalue weighted by molar-refractivity contribution is -0.130. The molecule has 9 heteroatoms. The van der Waals surface area contributed by atoms with Crippen molar-refractivity contribution in [2.24, 2.45) is 5.92 Å². The molecule has 3 aliphatic rings. The molecule has 7 rings (SSSR count). The largest absolute Gasteiger partial charge is 0.486 e. The zero-order chi connectivity index (χ0) is 26.1. The van der Waals surface area contributed by atoms with Crippen LogP contribution in [0.25, 0.3) is 11.0 Å². The van der Waals surface area contributed by atoms with Gasteiger partial charge < -0.3 is 19.9 Å². The highest BCUT2D eigenvalue weighted by Crippen LogP contribution is 2.44. The summed E-state index contributed by atoms with van der Waals surface area (Å²) in [6.07, 6.45) is 10.9. The molecule has 5 heterocycles. The van der Waals surface area contributed by atoms with Gasteiger partial charge in [-0.15, -0.1) is 0 Å². The van der Waals surface area contributed by atoms with E-state index in [1.807, 2.05) is 41.3 Å². The number of ether oxygens (including phenoxy) is 1. The number of fused-ring (bicyclic) bond motifs is 5. The van der Waals surface area contributed by atoms with Crippen molar-refractivity contribution in [3.63, 3.8) is 0 Å². The van der Waals surface area contributed by atoms with E-state index in [0.29, 0.717) is 29.2 Å². The van der Waals surface area contributed by atoms with E-state index in [2.05, 4.69) is 38.0 Å². The molecule has 1 saturated carbocycles. The third-order valence-corrected chi connectivity index (χ3v) is 7.97. The summed E-state index contributed by atoms with van der Waals surface area (Å²) in [4.78, 5) is 31.2. The minimum absolute atomic E-state index is 0.0364. The number of halogens is 1. The first-order valence-corrected chi connectivity index (χ1v) is 13.3. The van der Waals surface area contributed by atoms with Crippen LogP contribution in [0.1, 0.15) is 42.9 Å². The summed E-state index contributed by atoms with van der Waals surface area (Å²) < 4.78 is 5.87. The minimum atomic E-state index is 0.0364. The first kappa shape index (κ1) is 24.4. The van der Waals surface area contributed by atoms with Gasteiger partial charge in [-0.1, -0.05) is 24.2 Å². The molecule has 2 saturated heterocycles. The number of nitrogens with one attached hydrogen (secondary N) is 2. The Labute approximate surface area is 226 Å². The maximum absolute atomic E-state index is 12.5. The topological polar surface area (TPSA) is 96.0 Å². The highest BCUT2D eigenvalue weighted by atomic mass is 35.5. The van der Waals surface area contributed by atoms with Crippen LogP contribution in [0.3, 0.4) is 0 Å². The average Bonchev–Trinajstić information content (AvgIpc) is 3.17. The summed E-state index contributed by atoms with van der Waals surface area (Å²) in [7, 11) is 0. The summed E-state index contributed by atoms with van der Waals surface area (Å²) in [6, 6.07) is 11.5. The first-order valence-electron chi connectivity index (χ1n) is 12.9. The number of aromatic amines is 1. The molecule has 0 spiro atoms. The molecular weight excluding hydrogens is 500 g/mol. The number of hydrogen-bond acceptors (Lipinski definition) is 6. The zero-order valence-electron chi connectivity index (χ0n) is 20.9. The van der Waals surface area contributed by atoms with Crippen LogP contribution in [0.2, 0.25) is 5.02 Å². The summed E-state index contributed by atoms with van der Waals surface area (Å²) in [5.74, 6) is 2.13. The Morgan fingerprint density at radius 3 is 2.95 bits per heavy atom. The van der Waals surface area contributed by atoms with Gasteiger partial charge in [0.2, 0.25) is 5.91 Å². The normalized spacial score (nSPS) is 20.8. The lowest BCUT2D eigenvalue weighted by Crippen LogP contribution is -2.44. The molecule has 1 aliphatic carbocycles. The van der Waals surface area contributed by atoms with Crippen LogP contribution in [0.15, 0.2) is 67.8 Å². The van der Waals surface area contributed by atoms with Crippen molar-refractivity contribution >= 4 is 40.0 Å². The Hall–Kier alpha value is -3.91. The average molecular weight is 529 g/mol. The van der Waals surface area contributed by atoms with E-state index in [4.69, 9.17) is 16.3 Å². The van der Waals surface area contributed by atoms with Gasteiger partial charge in [-0.3, -0.25) is 9.78 Å². The molecule has 1 amide bonds. The monoisotopic (exact) mass is 528 g/mol. The van der Waals surface area contributed by atoms with E-state index in [-0.39, 0.29) is 11.9 Å². The predicted molar refractivity (Wildman–Crippen MR) is 148 cm³/mol. The summed E-state index contributed by atoms with van der Waals surface area (Å²) in [6.45, 7) is 4.85.